The van der Waals surface area contributed by atoms with Crippen molar-refractivity contribution >= 4 is 5.91 Å². The molecule has 1 saturated heterocycles. The van der Waals surface area contributed by atoms with Gasteiger partial charge in [-0.1, -0.05) is 24.3 Å². The van der Waals surface area contributed by atoms with Crippen LogP contribution in [0.15, 0.2) is 42.5 Å². The Morgan fingerprint density at radius 2 is 1.75 bits per heavy atom. The smallest absolute Gasteiger partial charge is 0.496 e. The summed E-state index contributed by atoms with van der Waals surface area (Å²) in [6.45, 7) is 4.79. The normalized spacial score (nSPS) is 15.4. The van der Waals surface area contributed by atoms with Gasteiger partial charge in [-0.2, -0.15) is 0 Å². The van der Waals surface area contributed by atoms with E-state index in [1.807, 2.05) is 19.1 Å². The van der Waals surface area contributed by atoms with Crippen LogP contribution >= 0.6 is 0 Å². The molecule has 1 heterocycles. The van der Waals surface area contributed by atoms with Crippen molar-refractivity contribution in [2.24, 2.45) is 0 Å². The molecule has 8 heteroatoms. The Balaban J connectivity index is 1.63. The molecule has 1 aliphatic rings. The Morgan fingerprint density at radius 1 is 1.09 bits per heavy atom. The summed E-state index contributed by atoms with van der Waals surface area (Å²) in [5.41, 5.74) is 2.77. The molecule has 174 valence electrons. The Kier molecular flexibility index (Phi) is 8.01. The van der Waals surface area contributed by atoms with Crippen molar-refractivity contribution in [1.82, 2.24) is 10.2 Å². The van der Waals surface area contributed by atoms with Crippen molar-refractivity contribution in [3.63, 3.8) is 0 Å². The van der Waals surface area contributed by atoms with Crippen LogP contribution in [0.1, 0.15) is 29.5 Å². The van der Waals surface area contributed by atoms with E-state index in [0.29, 0.717) is 12.0 Å². The van der Waals surface area contributed by atoms with E-state index in [4.69, 9.17) is 4.74 Å². The van der Waals surface area contributed by atoms with E-state index in [1.54, 1.807) is 7.11 Å². The van der Waals surface area contributed by atoms with E-state index in [0.717, 1.165) is 49.4 Å². The minimum Gasteiger partial charge on any atom is -0.496 e. The Bertz CT molecular complexity index is 894. The van der Waals surface area contributed by atoms with E-state index in [1.165, 1.54) is 24.3 Å². The van der Waals surface area contributed by atoms with Gasteiger partial charge >= 0.3 is 6.36 Å². The van der Waals surface area contributed by atoms with Crippen LogP contribution in [0.4, 0.5) is 13.2 Å². The van der Waals surface area contributed by atoms with Gasteiger partial charge in [-0.15, -0.1) is 13.2 Å². The topological polar surface area (TPSA) is 50.8 Å². The largest absolute Gasteiger partial charge is 0.573 e. The number of alkyl halides is 3. The molecule has 32 heavy (non-hydrogen) atoms. The second-order valence-electron chi connectivity index (χ2n) is 8.15. The average Bonchev–Trinajstić information content (AvgIpc) is 3.21. The van der Waals surface area contributed by atoms with E-state index < -0.39 is 6.36 Å². The third-order valence-corrected chi connectivity index (χ3v) is 5.51. The van der Waals surface area contributed by atoms with E-state index in [2.05, 4.69) is 21.0 Å². The molecule has 0 spiro atoms. The van der Waals surface area contributed by atoms with E-state index >= 15 is 0 Å². The molecule has 5 nitrogen and oxygen atoms in total. The minimum atomic E-state index is -4.73. The molecule has 3 rings (SSSR count). The molecule has 0 aliphatic carbocycles. The number of aryl methyl sites for hydroxylation is 1. The van der Waals surface area contributed by atoms with Gasteiger partial charge in [0.15, 0.2) is 0 Å². The van der Waals surface area contributed by atoms with Crippen LogP contribution in [0.3, 0.4) is 0 Å². The van der Waals surface area contributed by atoms with Gasteiger partial charge in [0.05, 0.1) is 13.5 Å². The maximum Gasteiger partial charge on any atom is 0.573 e. The highest BCUT2D eigenvalue weighted by Gasteiger charge is 2.31. The minimum absolute atomic E-state index is 0.0683. The van der Waals surface area contributed by atoms with Crippen molar-refractivity contribution < 1.29 is 27.4 Å². The predicted molar refractivity (Wildman–Crippen MR) is 116 cm³/mol. The first-order valence-corrected chi connectivity index (χ1v) is 10.7. The first kappa shape index (κ1) is 23.9. The van der Waals surface area contributed by atoms with Gasteiger partial charge in [0.25, 0.3) is 0 Å². The van der Waals surface area contributed by atoms with Gasteiger partial charge in [0, 0.05) is 12.6 Å². The Labute approximate surface area is 186 Å². The number of carbonyl (C=O) groups excluding carboxylic acids is 1. The van der Waals surface area contributed by atoms with Crippen LogP contribution in [0, 0.1) is 6.92 Å². The molecule has 1 aliphatic heterocycles. The summed E-state index contributed by atoms with van der Waals surface area (Å²) in [7, 11) is 1.64. The lowest BCUT2D eigenvalue weighted by Gasteiger charge is -2.25. The summed E-state index contributed by atoms with van der Waals surface area (Å²) in [4.78, 5) is 15.1. The molecular weight excluding hydrogens is 421 g/mol. The Hall–Kier alpha value is -2.74. The number of halogens is 3. The number of ether oxygens (including phenoxy) is 2. The fourth-order valence-corrected chi connectivity index (χ4v) is 4.06. The number of benzene rings is 2. The maximum absolute atomic E-state index is 12.7. The first-order chi connectivity index (χ1) is 15.2. The van der Waals surface area contributed by atoms with Crippen molar-refractivity contribution in [2.45, 2.75) is 45.0 Å². The lowest BCUT2D eigenvalue weighted by molar-refractivity contribution is -0.274. The summed E-state index contributed by atoms with van der Waals surface area (Å²) in [5, 5.41) is 3.12. The number of nitrogens with one attached hydrogen (secondary N) is 1. The molecule has 0 aromatic heterocycles. The summed E-state index contributed by atoms with van der Waals surface area (Å²) in [6.07, 6.45) is -1.64. The number of nitrogens with zero attached hydrogens (tertiary/aromatic N) is 1. The lowest BCUT2D eigenvalue weighted by atomic mass is 10.0. The number of hydrogen-bond acceptors (Lipinski definition) is 4. The first-order valence-electron chi connectivity index (χ1n) is 10.7. The zero-order valence-corrected chi connectivity index (χ0v) is 18.4. The number of carbonyl (C=O) groups is 1. The zero-order valence-electron chi connectivity index (χ0n) is 18.4. The molecule has 2 aromatic carbocycles. The Morgan fingerprint density at radius 3 is 2.34 bits per heavy atom. The maximum atomic E-state index is 12.7. The molecule has 0 saturated carbocycles. The molecule has 1 unspecified atom stereocenters. The molecule has 1 atom stereocenters. The van der Waals surface area contributed by atoms with Crippen LogP contribution in [0.5, 0.6) is 11.5 Å². The highest BCUT2D eigenvalue weighted by atomic mass is 19.4. The third-order valence-electron chi connectivity index (χ3n) is 5.51. The summed E-state index contributed by atoms with van der Waals surface area (Å²) >= 11 is 0. The van der Waals surface area contributed by atoms with Gasteiger partial charge in [0.1, 0.15) is 11.5 Å². The van der Waals surface area contributed by atoms with Crippen LogP contribution in [0.25, 0.3) is 0 Å². The third kappa shape index (κ3) is 7.44. The van der Waals surface area contributed by atoms with Crippen LogP contribution < -0.4 is 14.8 Å². The summed E-state index contributed by atoms with van der Waals surface area (Å²) < 4.78 is 46.1. The van der Waals surface area contributed by atoms with Crippen molar-refractivity contribution in [1.29, 1.82) is 0 Å². The number of hydrogen-bond donors (Lipinski definition) is 1. The second kappa shape index (κ2) is 10.7. The average molecular weight is 451 g/mol. The van der Waals surface area contributed by atoms with Crippen molar-refractivity contribution in [3.05, 3.63) is 59.2 Å². The molecule has 1 amide bonds. The standard InChI is InChI=1S/C24H29F3N2O3/c1-17-13-19(7-10-22(17)31-2)14-20(16-29-11-3-4-12-29)28-23(30)15-18-5-8-21(9-6-18)32-24(25,26)27/h5-10,13,20H,3-4,11-12,14-16H2,1-2H3,(H,28,30). The van der Waals surface area contributed by atoms with E-state index in [9.17, 15) is 18.0 Å². The van der Waals surface area contributed by atoms with Gasteiger partial charge < -0.3 is 19.7 Å². The summed E-state index contributed by atoms with van der Waals surface area (Å²) in [5.74, 6) is 0.360. The quantitative estimate of drug-likeness (QED) is 0.620. The number of methoxy groups -OCH3 is 1. The SMILES string of the molecule is COc1ccc(CC(CN2CCCC2)NC(=O)Cc2ccc(OC(F)(F)F)cc2)cc1C. The zero-order chi connectivity index (χ0) is 23.1. The monoisotopic (exact) mass is 450 g/mol. The van der Waals surface area contributed by atoms with E-state index in [-0.39, 0.29) is 24.1 Å². The van der Waals surface area contributed by atoms with Gasteiger partial charge in [0.2, 0.25) is 5.91 Å². The fraction of sp³-hybridized carbons (Fsp3) is 0.458. The van der Waals surface area contributed by atoms with Gasteiger partial charge in [-0.3, -0.25) is 4.79 Å². The highest BCUT2D eigenvalue weighted by molar-refractivity contribution is 5.79. The molecule has 2 aromatic rings. The number of likely N-dealkylation sites (tertiary alicyclic amines) is 1. The molecule has 0 bridgehead atoms. The number of rotatable bonds is 9. The van der Waals surface area contributed by atoms with Gasteiger partial charge in [-0.25, -0.2) is 0 Å². The molecule has 0 radical (unpaired) electrons. The lowest BCUT2D eigenvalue weighted by Crippen LogP contribution is -2.45. The second-order valence-corrected chi connectivity index (χ2v) is 8.15. The van der Waals surface area contributed by atoms with Crippen LogP contribution in [-0.4, -0.2) is 50.0 Å². The van der Waals surface area contributed by atoms with Gasteiger partial charge in [-0.05, 0) is 74.2 Å². The molecule has 1 fully saturated rings. The number of amides is 1. The molecular formula is C24H29F3N2O3. The van der Waals surface area contributed by atoms with Crippen LogP contribution in [-0.2, 0) is 17.6 Å². The fourth-order valence-electron chi connectivity index (χ4n) is 4.06. The highest BCUT2D eigenvalue weighted by Crippen LogP contribution is 2.23. The predicted octanol–water partition coefficient (Wildman–Crippen LogP) is 4.27. The summed E-state index contributed by atoms with van der Waals surface area (Å²) in [6, 6.07) is 11.3. The molecule has 1 N–H and O–H groups in total. The van der Waals surface area contributed by atoms with Crippen LogP contribution in [0.2, 0.25) is 0 Å². The van der Waals surface area contributed by atoms with Crippen molar-refractivity contribution in [3.8, 4) is 11.5 Å². The van der Waals surface area contributed by atoms with Crippen molar-refractivity contribution in [2.75, 3.05) is 26.7 Å².